The molecular weight excluding hydrogens is 394 g/mol. The normalized spacial score (nSPS) is 12.9. The summed E-state index contributed by atoms with van der Waals surface area (Å²) in [5, 5.41) is 3.24. The van der Waals surface area contributed by atoms with Crippen LogP contribution in [0.1, 0.15) is 21.1 Å². The van der Waals surface area contributed by atoms with Crippen molar-refractivity contribution in [2.45, 2.75) is 13.0 Å². The van der Waals surface area contributed by atoms with E-state index in [1.807, 2.05) is 12.1 Å². The maximum absolute atomic E-state index is 12.5. The number of ether oxygens (including phenoxy) is 2. The summed E-state index contributed by atoms with van der Waals surface area (Å²) >= 11 is 1.37. The van der Waals surface area contributed by atoms with Crippen LogP contribution < -0.4 is 14.8 Å². The number of benzene rings is 1. The minimum Gasteiger partial charge on any atom is -0.497 e. The van der Waals surface area contributed by atoms with Gasteiger partial charge in [0, 0.05) is 23.9 Å². The lowest BCUT2D eigenvalue weighted by Gasteiger charge is -2.26. The first-order valence-corrected chi connectivity index (χ1v) is 9.82. The van der Waals surface area contributed by atoms with Crippen molar-refractivity contribution in [2.75, 3.05) is 25.6 Å². The second-order valence-corrected chi connectivity index (χ2v) is 7.44. The number of furan rings is 1. The van der Waals surface area contributed by atoms with Crippen molar-refractivity contribution in [3.8, 4) is 11.5 Å². The van der Waals surface area contributed by atoms with Gasteiger partial charge in [0.05, 0.1) is 25.6 Å². The third-order valence-corrected chi connectivity index (χ3v) is 5.45. The number of carbonyl (C=O) groups is 2. The molecule has 3 heterocycles. The fourth-order valence-electron chi connectivity index (χ4n) is 2.96. The van der Waals surface area contributed by atoms with Gasteiger partial charge in [-0.1, -0.05) is 17.4 Å². The van der Waals surface area contributed by atoms with E-state index in [0.29, 0.717) is 36.1 Å². The first-order chi connectivity index (χ1) is 14.1. The Hall–Kier alpha value is -3.33. The van der Waals surface area contributed by atoms with E-state index in [1.54, 1.807) is 36.3 Å². The molecule has 0 unspecified atom stereocenters. The Morgan fingerprint density at radius 2 is 2.14 bits per heavy atom. The van der Waals surface area contributed by atoms with E-state index in [2.05, 4.69) is 10.3 Å². The molecule has 9 heteroatoms. The molecule has 2 amide bonds. The van der Waals surface area contributed by atoms with E-state index >= 15 is 0 Å². The fourth-order valence-corrected chi connectivity index (χ4v) is 3.97. The molecule has 0 radical (unpaired) electrons. The number of thiazole rings is 1. The summed E-state index contributed by atoms with van der Waals surface area (Å²) in [6, 6.07) is 10.4. The smallest absolute Gasteiger partial charge is 0.293 e. The lowest BCUT2D eigenvalue weighted by molar-refractivity contribution is -0.134. The number of fused-ring (bicyclic) bond motifs is 1. The largest absolute Gasteiger partial charge is 0.497 e. The molecule has 1 aliphatic rings. The Bertz CT molecular complexity index is 1020. The maximum Gasteiger partial charge on any atom is 0.293 e. The Morgan fingerprint density at radius 1 is 1.28 bits per heavy atom. The van der Waals surface area contributed by atoms with Crippen LogP contribution in [0.4, 0.5) is 5.13 Å². The number of aromatic nitrogens is 1. The molecule has 29 heavy (non-hydrogen) atoms. The Balaban J connectivity index is 1.35. The summed E-state index contributed by atoms with van der Waals surface area (Å²) in [7, 11) is 1.58. The van der Waals surface area contributed by atoms with Gasteiger partial charge in [0.2, 0.25) is 0 Å². The van der Waals surface area contributed by atoms with Crippen molar-refractivity contribution in [3.05, 3.63) is 59.0 Å². The molecule has 0 bridgehead atoms. The molecule has 2 aromatic heterocycles. The molecule has 1 aliphatic heterocycles. The average Bonchev–Trinajstić information content (AvgIpc) is 3.41. The van der Waals surface area contributed by atoms with Crippen molar-refractivity contribution in [2.24, 2.45) is 0 Å². The summed E-state index contributed by atoms with van der Waals surface area (Å²) in [6.45, 7) is 0.954. The predicted octanol–water partition coefficient (Wildman–Crippen LogP) is 2.96. The van der Waals surface area contributed by atoms with E-state index in [9.17, 15) is 9.59 Å². The molecule has 0 saturated carbocycles. The number of hydrogen-bond acceptors (Lipinski definition) is 7. The van der Waals surface area contributed by atoms with Crippen LogP contribution in [0, 0.1) is 0 Å². The van der Waals surface area contributed by atoms with Crippen molar-refractivity contribution in [3.63, 3.8) is 0 Å². The van der Waals surface area contributed by atoms with Crippen molar-refractivity contribution < 1.29 is 23.5 Å². The first-order valence-electron chi connectivity index (χ1n) is 9.00. The third-order valence-electron chi connectivity index (χ3n) is 4.45. The van der Waals surface area contributed by atoms with Gasteiger partial charge in [0.25, 0.3) is 11.8 Å². The lowest BCUT2D eigenvalue weighted by Crippen LogP contribution is -2.38. The van der Waals surface area contributed by atoms with Crippen LogP contribution in [-0.4, -0.2) is 42.0 Å². The number of nitrogens with one attached hydrogen (secondary N) is 1. The van der Waals surface area contributed by atoms with Crippen LogP contribution in [-0.2, 0) is 17.8 Å². The highest BCUT2D eigenvalue weighted by molar-refractivity contribution is 7.15. The van der Waals surface area contributed by atoms with Crippen molar-refractivity contribution >= 4 is 28.3 Å². The third kappa shape index (κ3) is 4.40. The summed E-state index contributed by atoms with van der Waals surface area (Å²) < 4.78 is 15.8. The summed E-state index contributed by atoms with van der Waals surface area (Å²) in [5.41, 5.74) is 0.905. The van der Waals surface area contributed by atoms with Crippen LogP contribution in [0.25, 0.3) is 0 Å². The van der Waals surface area contributed by atoms with Gasteiger partial charge >= 0.3 is 0 Å². The highest BCUT2D eigenvalue weighted by Gasteiger charge is 2.25. The molecule has 0 fully saturated rings. The number of amides is 2. The average molecular weight is 413 g/mol. The Labute approximate surface area is 171 Å². The molecule has 1 aromatic carbocycles. The van der Waals surface area contributed by atoms with Gasteiger partial charge in [-0.2, -0.15) is 0 Å². The van der Waals surface area contributed by atoms with E-state index in [4.69, 9.17) is 13.9 Å². The van der Waals surface area contributed by atoms with Gasteiger partial charge < -0.3 is 18.8 Å². The SMILES string of the molecule is COc1cccc(OCC(=O)N2CCc3nc(NC(=O)c4ccco4)sc3C2)c1. The number of carbonyl (C=O) groups excluding carboxylic acids is 2. The van der Waals surface area contributed by atoms with Gasteiger partial charge in [-0.15, -0.1) is 0 Å². The number of nitrogens with zero attached hydrogens (tertiary/aromatic N) is 2. The van der Waals surface area contributed by atoms with Gasteiger partial charge in [0.1, 0.15) is 11.5 Å². The topological polar surface area (TPSA) is 93.9 Å². The summed E-state index contributed by atoms with van der Waals surface area (Å²) in [6.07, 6.45) is 2.08. The number of rotatable bonds is 6. The summed E-state index contributed by atoms with van der Waals surface area (Å²) in [5.74, 6) is 1.03. The molecule has 4 rings (SSSR count). The second-order valence-electron chi connectivity index (χ2n) is 6.35. The Kier molecular flexibility index (Phi) is 5.48. The van der Waals surface area contributed by atoms with Crippen molar-refractivity contribution in [1.82, 2.24) is 9.88 Å². The zero-order chi connectivity index (χ0) is 20.2. The molecule has 0 spiro atoms. The number of anilines is 1. The van der Waals surface area contributed by atoms with Crippen LogP contribution in [0.2, 0.25) is 0 Å². The molecular formula is C20H19N3O5S. The molecule has 1 N–H and O–H groups in total. The molecule has 150 valence electrons. The predicted molar refractivity (Wildman–Crippen MR) is 106 cm³/mol. The van der Waals surface area contributed by atoms with E-state index < -0.39 is 0 Å². The van der Waals surface area contributed by atoms with Gasteiger partial charge in [-0.3, -0.25) is 14.9 Å². The van der Waals surface area contributed by atoms with Crippen LogP contribution in [0.5, 0.6) is 11.5 Å². The maximum atomic E-state index is 12.5. The fraction of sp³-hybridized carbons (Fsp3) is 0.250. The monoisotopic (exact) mass is 413 g/mol. The minimum atomic E-state index is -0.347. The summed E-state index contributed by atoms with van der Waals surface area (Å²) in [4.78, 5) is 31.8. The van der Waals surface area contributed by atoms with Crippen LogP contribution in [0.3, 0.4) is 0 Å². The highest BCUT2D eigenvalue weighted by Crippen LogP contribution is 2.29. The Morgan fingerprint density at radius 3 is 2.93 bits per heavy atom. The van der Waals surface area contributed by atoms with Gasteiger partial charge in [-0.05, 0) is 24.3 Å². The molecule has 0 saturated heterocycles. The lowest BCUT2D eigenvalue weighted by atomic mass is 10.2. The first kappa shape index (κ1) is 19.0. The number of methoxy groups -OCH3 is 1. The standard InChI is InChI=1S/C20H19N3O5S/c1-26-13-4-2-5-14(10-13)28-12-18(24)23-8-7-15-17(11-23)29-20(21-15)22-19(25)16-6-3-9-27-16/h2-6,9-10H,7-8,11-12H2,1H3,(H,21,22,25). The van der Waals surface area contributed by atoms with E-state index in [-0.39, 0.29) is 24.2 Å². The van der Waals surface area contributed by atoms with E-state index in [0.717, 1.165) is 10.6 Å². The second kappa shape index (κ2) is 8.36. The van der Waals surface area contributed by atoms with Gasteiger partial charge in [-0.25, -0.2) is 4.98 Å². The molecule has 0 aliphatic carbocycles. The highest BCUT2D eigenvalue weighted by atomic mass is 32.1. The van der Waals surface area contributed by atoms with Crippen LogP contribution >= 0.6 is 11.3 Å². The molecule has 0 atom stereocenters. The molecule has 8 nitrogen and oxygen atoms in total. The minimum absolute atomic E-state index is 0.0522. The van der Waals surface area contributed by atoms with Crippen LogP contribution in [0.15, 0.2) is 47.1 Å². The van der Waals surface area contributed by atoms with Gasteiger partial charge in [0.15, 0.2) is 17.5 Å². The van der Waals surface area contributed by atoms with Crippen molar-refractivity contribution in [1.29, 1.82) is 0 Å². The van der Waals surface area contributed by atoms with E-state index in [1.165, 1.54) is 17.6 Å². The quantitative estimate of drug-likeness (QED) is 0.668. The zero-order valence-electron chi connectivity index (χ0n) is 15.7. The number of hydrogen-bond donors (Lipinski definition) is 1. The zero-order valence-corrected chi connectivity index (χ0v) is 16.5. The molecule has 3 aromatic rings.